The number of ketones is 2. The van der Waals surface area contributed by atoms with Gasteiger partial charge in [0.1, 0.15) is 11.6 Å². The second-order valence-corrected chi connectivity index (χ2v) is 5.61. The molecule has 0 spiro atoms. The minimum absolute atomic E-state index is 0.143. The molecular weight excluding hydrogens is 212 g/mol. The van der Waals surface area contributed by atoms with Crippen LogP contribution in [0.25, 0.3) is 0 Å². The highest BCUT2D eigenvalue weighted by Gasteiger charge is 2.32. The lowest BCUT2D eigenvalue weighted by Gasteiger charge is -2.32. The van der Waals surface area contributed by atoms with Crippen LogP contribution in [0.3, 0.4) is 0 Å². The van der Waals surface area contributed by atoms with E-state index >= 15 is 0 Å². The van der Waals surface area contributed by atoms with Gasteiger partial charge in [-0.25, -0.2) is 0 Å². The summed E-state index contributed by atoms with van der Waals surface area (Å²) in [5.74, 6) is 1.57. The van der Waals surface area contributed by atoms with E-state index in [1.807, 2.05) is 0 Å². The highest BCUT2D eigenvalue weighted by Crippen LogP contribution is 2.36. The van der Waals surface area contributed by atoms with Crippen LogP contribution in [-0.2, 0) is 9.59 Å². The van der Waals surface area contributed by atoms with Crippen molar-refractivity contribution in [2.24, 2.45) is 17.8 Å². The molecule has 96 valence electrons. The average molecular weight is 236 g/mol. The molecule has 1 fully saturated rings. The minimum atomic E-state index is 0.143. The molecule has 2 heteroatoms. The van der Waals surface area contributed by atoms with E-state index in [2.05, 4.69) is 20.4 Å². The van der Waals surface area contributed by atoms with Gasteiger partial charge >= 0.3 is 0 Å². The van der Waals surface area contributed by atoms with Gasteiger partial charge in [-0.15, -0.1) is 0 Å². The molecule has 17 heavy (non-hydrogen) atoms. The summed E-state index contributed by atoms with van der Waals surface area (Å²) in [6.45, 7) is 9.78. The first-order valence-electron chi connectivity index (χ1n) is 6.59. The highest BCUT2D eigenvalue weighted by atomic mass is 16.1. The van der Waals surface area contributed by atoms with Crippen molar-refractivity contribution in [3.63, 3.8) is 0 Å². The third-order valence-electron chi connectivity index (χ3n) is 4.03. The average Bonchev–Trinajstić information content (AvgIpc) is 2.26. The molecule has 0 aromatic heterocycles. The highest BCUT2D eigenvalue weighted by molar-refractivity contribution is 5.82. The molecule has 3 unspecified atom stereocenters. The van der Waals surface area contributed by atoms with Crippen LogP contribution in [0.4, 0.5) is 0 Å². The van der Waals surface area contributed by atoms with Gasteiger partial charge in [0.25, 0.3) is 0 Å². The van der Waals surface area contributed by atoms with Crippen molar-refractivity contribution in [3.05, 3.63) is 12.2 Å². The standard InChI is InChI=1S/C15H24O2/c1-10(2)13-7-8-15(17)14(9-13)11(3)5-6-12(4)16/h11,13-14H,1,5-9H2,2-4H3. The van der Waals surface area contributed by atoms with Gasteiger partial charge in [-0.1, -0.05) is 19.1 Å². The monoisotopic (exact) mass is 236 g/mol. The summed E-state index contributed by atoms with van der Waals surface area (Å²) in [5.41, 5.74) is 1.20. The molecule has 2 nitrogen and oxygen atoms in total. The molecule has 0 bridgehead atoms. The van der Waals surface area contributed by atoms with Crippen molar-refractivity contribution >= 4 is 11.6 Å². The molecule has 3 atom stereocenters. The summed E-state index contributed by atoms with van der Waals surface area (Å²) >= 11 is 0. The fourth-order valence-corrected chi connectivity index (χ4v) is 2.69. The second-order valence-electron chi connectivity index (χ2n) is 5.61. The number of carbonyl (C=O) groups is 2. The fourth-order valence-electron chi connectivity index (χ4n) is 2.69. The molecule has 1 rings (SSSR count). The van der Waals surface area contributed by atoms with Crippen LogP contribution < -0.4 is 0 Å². The summed E-state index contributed by atoms with van der Waals surface area (Å²) in [5, 5.41) is 0. The predicted molar refractivity (Wildman–Crippen MR) is 69.7 cm³/mol. The molecular formula is C15H24O2. The van der Waals surface area contributed by atoms with Crippen LogP contribution in [-0.4, -0.2) is 11.6 Å². The molecule has 0 radical (unpaired) electrons. The fraction of sp³-hybridized carbons (Fsp3) is 0.733. The third kappa shape index (κ3) is 4.10. The number of carbonyl (C=O) groups excluding carboxylic acids is 2. The van der Waals surface area contributed by atoms with E-state index in [-0.39, 0.29) is 11.7 Å². The number of allylic oxidation sites excluding steroid dienone is 1. The lowest BCUT2D eigenvalue weighted by atomic mass is 9.72. The SMILES string of the molecule is C=C(C)C1CCC(=O)C(C(C)CCC(C)=O)C1. The summed E-state index contributed by atoms with van der Waals surface area (Å²) in [7, 11) is 0. The molecule has 0 aromatic carbocycles. The quantitative estimate of drug-likeness (QED) is 0.684. The molecule has 0 saturated heterocycles. The maximum atomic E-state index is 11.9. The predicted octanol–water partition coefficient (Wildman–Crippen LogP) is 3.55. The summed E-state index contributed by atoms with van der Waals surface area (Å²) in [6.07, 6.45) is 4.03. The number of hydrogen-bond donors (Lipinski definition) is 0. The first kappa shape index (κ1) is 14.1. The molecule has 0 amide bonds. The van der Waals surface area contributed by atoms with Crippen molar-refractivity contribution in [1.82, 2.24) is 0 Å². The van der Waals surface area contributed by atoms with E-state index in [0.29, 0.717) is 30.5 Å². The van der Waals surface area contributed by atoms with Crippen molar-refractivity contribution < 1.29 is 9.59 Å². The smallest absolute Gasteiger partial charge is 0.136 e. The number of Topliss-reactive ketones (excluding diaryl/α,β-unsaturated/α-hetero) is 2. The van der Waals surface area contributed by atoms with Gasteiger partial charge in [0.2, 0.25) is 0 Å². The Hall–Kier alpha value is -0.920. The molecule has 1 aliphatic carbocycles. The first-order valence-corrected chi connectivity index (χ1v) is 6.59. The lowest BCUT2D eigenvalue weighted by Crippen LogP contribution is -2.30. The van der Waals surface area contributed by atoms with Gasteiger partial charge in [-0.2, -0.15) is 0 Å². The van der Waals surface area contributed by atoms with Gasteiger partial charge < -0.3 is 4.79 Å². The zero-order valence-electron chi connectivity index (χ0n) is 11.3. The number of rotatable bonds is 5. The van der Waals surface area contributed by atoms with Crippen molar-refractivity contribution in [1.29, 1.82) is 0 Å². The van der Waals surface area contributed by atoms with Crippen LogP contribution in [0.5, 0.6) is 0 Å². The van der Waals surface area contributed by atoms with Crippen LogP contribution in [0.2, 0.25) is 0 Å². The van der Waals surface area contributed by atoms with E-state index in [0.717, 1.165) is 19.3 Å². The van der Waals surface area contributed by atoms with Crippen LogP contribution >= 0.6 is 0 Å². The zero-order chi connectivity index (χ0) is 13.0. The lowest BCUT2D eigenvalue weighted by molar-refractivity contribution is -0.127. The first-order chi connectivity index (χ1) is 7.91. The summed E-state index contributed by atoms with van der Waals surface area (Å²) in [6, 6.07) is 0. The van der Waals surface area contributed by atoms with Gasteiger partial charge in [-0.3, -0.25) is 4.79 Å². The normalized spacial score (nSPS) is 26.6. The Bertz CT molecular complexity index is 317. The van der Waals surface area contributed by atoms with Crippen molar-refractivity contribution in [2.45, 2.75) is 52.9 Å². The Balaban J connectivity index is 2.57. The summed E-state index contributed by atoms with van der Waals surface area (Å²) in [4.78, 5) is 22.9. The maximum Gasteiger partial charge on any atom is 0.136 e. The van der Waals surface area contributed by atoms with E-state index in [4.69, 9.17) is 0 Å². The third-order valence-corrected chi connectivity index (χ3v) is 4.03. The van der Waals surface area contributed by atoms with Crippen LogP contribution in [0, 0.1) is 17.8 Å². The van der Waals surface area contributed by atoms with Gasteiger partial charge in [0, 0.05) is 18.8 Å². The van der Waals surface area contributed by atoms with Crippen molar-refractivity contribution in [3.8, 4) is 0 Å². The Morgan fingerprint density at radius 1 is 1.47 bits per heavy atom. The Morgan fingerprint density at radius 2 is 2.12 bits per heavy atom. The Kier molecular flexibility index (Phi) is 5.10. The van der Waals surface area contributed by atoms with Gasteiger partial charge in [-0.05, 0) is 44.9 Å². The molecule has 0 N–H and O–H groups in total. The molecule has 1 saturated carbocycles. The topological polar surface area (TPSA) is 34.1 Å². The van der Waals surface area contributed by atoms with E-state index in [9.17, 15) is 9.59 Å². The largest absolute Gasteiger partial charge is 0.300 e. The van der Waals surface area contributed by atoms with E-state index < -0.39 is 0 Å². The minimum Gasteiger partial charge on any atom is -0.300 e. The second kappa shape index (κ2) is 6.13. The van der Waals surface area contributed by atoms with Gasteiger partial charge in [0.05, 0.1) is 0 Å². The van der Waals surface area contributed by atoms with Crippen molar-refractivity contribution in [2.75, 3.05) is 0 Å². The van der Waals surface area contributed by atoms with Crippen LogP contribution in [0.1, 0.15) is 52.9 Å². The maximum absolute atomic E-state index is 11.9. The zero-order valence-corrected chi connectivity index (χ0v) is 11.3. The Morgan fingerprint density at radius 3 is 2.65 bits per heavy atom. The van der Waals surface area contributed by atoms with E-state index in [1.54, 1.807) is 6.92 Å². The van der Waals surface area contributed by atoms with E-state index in [1.165, 1.54) is 5.57 Å². The van der Waals surface area contributed by atoms with Crippen LogP contribution in [0.15, 0.2) is 12.2 Å². The van der Waals surface area contributed by atoms with Gasteiger partial charge in [0.15, 0.2) is 0 Å². The molecule has 1 aliphatic rings. The molecule has 0 heterocycles. The summed E-state index contributed by atoms with van der Waals surface area (Å²) < 4.78 is 0. The molecule has 0 aromatic rings. The Labute approximate surface area is 104 Å². The number of hydrogen-bond acceptors (Lipinski definition) is 2. The molecule has 0 aliphatic heterocycles.